The summed E-state index contributed by atoms with van der Waals surface area (Å²) in [6.45, 7) is 14.4. The van der Waals surface area contributed by atoms with Gasteiger partial charge in [-0.3, -0.25) is 19.2 Å². The largest absolute Gasteiger partial charge is 0.481 e. The van der Waals surface area contributed by atoms with Gasteiger partial charge in [-0.05, 0) is 72.6 Å². The minimum absolute atomic E-state index is 0. The number of fused-ring (bicyclic) bond motifs is 1. The van der Waals surface area contributed by atoms with Gasteiger partial charge >= 0.3 is 24.1 Å². The summed E-state index contributed by atoms with van der Waals surface area (Å²) in [5, 5.41) is 15.2. The second-order valence-electron chi connectivity index (χ2n) is 18.9. The second-order valence-corrected chi connectivity index (χ2v) is 18.9. The predicted molar refractivity (Wildman–Crippen MR) is 275 cm³/mol. The highest BCUT2D eigenvalue weighted by atomic mass is 16.5. The number of H-pyrrole nitrogens is 3. The van der Waals surface area contributed by atoms with Crippen LogP contribution in [0.4, 0.5) is 9.59 Å². The highest BCUT2D eigenvalue weighted by Crippen LogP contribution is 2.39. The first-order valence-corrected chi connectivity index (χ1v) is 23.8. The molecule has 2 saturated heterocycles. The van der Waals surface area contributed by atoms with Crippen LogP contribution < -0.4 is 10.6 Å². The zero-order chi connectivity index (χ0) is 51.0. The van der Waals surface area contributed by atoms with Crippen molar-refractivity contribution in [2.75, 3.05) is 34.4 Å². The minimum Gasteiger partial charge on any atom is -0.481 e. The lowest BCUT2D eigenvalue weighted by molar-refractivity contribution is -0.151. The number of esters is 1. The standard InChI is InChI=1S/C43H53N9O6.C8H14O4.2CH4/c1-23(2)35(49-42(55)57-6)40(53)51-18-8-10-32(51)38-45-21-30(47-38)27-14-12-26(13-15-27)28-16-17-29(37-34(28)25(5)20-44-37)31-22-46-39(48-31)33-11-9-19-52(33)41(54)36(24(3)4)50-43(56)58-7;1-5(2)6(8(10)11)4-7(9)12-3;;/h12-17,20-24,32-33,35-36,44H,8-11,18-19H2,1-7H3,(H,45,47)(H,46,48)(H,49,55)(H,50,56);5-6H,4H2,1-3H3,(H,10,11);2*1H4/t32-,33-,35-,36-;6-;;/m00../s1. The molecule has 0 bridgehead atoms. The number of aliphatic carboxylic acids is 1. The van der Waals surface area contributed by atoms with Gasteiger partial charge in [0.2, 0.25) is 11.8 Å². The van der Waals surface area contributed by atoms with E-state index in [1.54, 1.807) is 13.8 Å². The summed E-state index contributed by atoms with van der Waals surface area (Å²) < 4.78 is 13.9. The molecule has 4 amide bonds. The van der Waals surface area contributed by atoms with Crippen LogP contribution >= 0.6 is 0 Å². The van der Waals surface area contributed by atoms with Gasteiger partial charge in [0, 0.05) is 30.2 Å². The molecule has 5 aromatic rings. The molecule has 2 aliphatic heterocycles. The summed E-state index contributed by atoms with van der Waals surface area (Å²) in [7, 11) is 3.83. The Labute approximate surface area is 422 Å². The molecule has 19 heteroatoms. The molecular weight excluding hydrogens is 923 g/mol. The number of benzene rings is 2. The molecule has 2 aromatic carbocycles. The number of rotatable bonds is 15. The number of carbonyl (C=O) groups is 6. The van der Waals surface area contributed by atoms with Crippen LogP contribution in [0.3, 0.4) is 0 Å². The van der Waals surface area contributed by atoms with Crippen molar-refractivity contribution < 1.29 is 48.1 Å². The Morgan fingerprint density at radius 1 is 0.681 bits per heavy atom. The zero-order valence-electron chi connectivity index (χ0n) is 41.7. The number of aryl methyl sites for hydroxylation is 1. The molecule has 6 N–H and O–H groups in total. The number of carboxylic acid groups (broad SMARTS) is 1. The van der Waals surface area contributed by atoms with Gasteiger partial charge in [0.15, 0.2) is 0 Å². The van der Waals surface area contributed by atoms with Gasteiger partial charge in [-0.25, -0.2) is 19.6 Å². The quantitative estimate of drug-likeness (QED) is 0.0424. The summed E-state index contributed by atoms with van der Waals surface area (Å²) in [5.74, 6) is -1.21. The van der Waals surface area contributed by atoms with Crippen molar-refractivity contribution in [2.24, 2.45) is 23.7 Å². The van der Waals surface area contributed by atoms with E-state index in [-0.39, 0.29) is 62.9 Å². The Morgan fingerprint density at radius 2 is 1.15 bits per heavy atom. The SMILES string of the molecule is C.C.COC(=O)C[C@H](C(=O)O)C(C)C.COC(=O)N[C@H](C(=O)N1CCC[C@H]1c1ncc(-c2ccc(-c3ccc(-c4cnc([C@@H]5CCCN5C(=O)[C@@H](NC(=O)OC)C(C)C)[nH]4)c4[nH]cc(C)c34)cc2)[nH]1)C(C)C. The predicted octanol–water partition coefficient (Wildman–Crippen LogP) is 9.19. The van der Waals surface area contributed by atoms with Crippen LogP contribution in [-0.2, 0) is 33.4 Å². The van der Waals surface area contributed by atoms with Crippen molar-refractivity contribution in [1.29, 1.82) is 0 Å². The highest BCUT2D eigenvalue weighted by molar-refractivity contribution is 6.04. The smallest absolute Gasteiger partial charge is 0.407 e. The van der Waals surface area contributed by atoms with Crippen molar-refractivity contribution in [3.8, 4) is 33.6 Å². The van der Waals surface area contributed by atoms with E-state index in [2.05, 4.69) is 73.6 Å². The first kappa shape index (κ1) is 57.4. The van der Waals surface area contributed by atoms with Gasteiger partial charge in [0.05, 0.1) is 75.1 Å². The molecule has 392 valence electrons. The fraction of sp³-hybridized carbons (Fsp3) is 0.509. The molecule has 19 nitrogen and oxygen atoms in total. The molecule has 7 rings (SSSR count). The van der Waals surface area contributed by atoms with Crippen molar-refractivity contribution in [2.45, 2.75) is 120 Å². The van der Waals surface area contributed by atoms with Crippen LogP contribution in [0.15, 0.2) is 55.0 Å². The summed E-state index contributed by atoms with van der Waals surface area (Å²) in [5.41, 5.74) is 7.85. The highest BCUT2D eigenvalue weighted by Gasteiger charge is 2.39. The number of aromatic nitrogens is 5. The fourth-order valence-electron chi connectivity index (χ4n) is 9.26. The van der Waals surface area contributed by atoms with Crippen LogP contribution in [0, 0.1) is 30.6 Å². The maximum atomic E-state index is 13.7. The van der Waals surface area contributed by atoms with Crippen LogP contribution in [-0.4, -0.2) is 122 Å². The molecule has 0 aliphatic carbocycles. The van der Waals surface area contributed by atoms with Gasteiger partial charge in [-0.15, -0.1) is 0 Å². The Balaban J connectivity index is 0.000000713. The first-order valence-electron chi connectivity index (χ1n) is 23.8. The maximum absolute atomic E-state index is 13.7. The van der Waals surface area contributed by atoms with E-state index >= 15 is 0 Å². The number of likely N-dealkylation sites (tertiary alicyclic amines) is 2. The average Bonchev–Trinajstić information content (AvgIpc) is 4.21. The molecule has 5 heterocycles. The first-order chi connectivity index (χ1) is 33.4. The number of hydrogen-bond donors (Lipinski definition) is 6. The second kappa shape index (κ2) is 25.3. The summed E-state index contributed by atoms with van der Waals surface area (Å²) in [6.07, 6.45) is 7.55. The Hall–Kier alpha value is -7.18. The Bertz CT molecular complexity index is 2650. The van der Waals surface area contributed by atoms with Gasteiger partial charge in [-0.1, -0.05) is 92.8 Å². The number of hydrogen-bond acceptors (Lipinski definition) is 11. The van der Waals surface area contributed by atoms with Crippen molar-refractivity contribution in [1.82, 2.24) is 45.4 Å². The summed E-state index contributed by atoms with van der Waals surface area (Å²) in [6, 6.07) is 10.7. The summed E-state index contributed by atoms with van der Waals surface area (Å²) in [4.78, 5) is 96.2. The fourth-order valence-corrected chi connectivity index (χ4v) is 9.26. The van der Waals surface area contributed by atoms with E-state index in [0.29, 0.717) is 18.9 Å². The van der Waals surface area contributed by atoms with Crippen molar-refractivity contribution in [3.63, 3.8) is 0 Å². The van der Waals surface area contributed by atoms with E-state index < -0.39 is 42.1 Å². The molecular formula is C53H75N9O10. The molecule has 72 heavy (non-hydrogen) atoms. The molecule has 0 saturated carbocycles. The number of alkyl carbamates (subject to hydrolysis) is 2. The summed E-state index contributed by atoms with van der Waals surface area (Å²) >= 11 is 0. The number of nitrogens with one attached hydrogen (secondary N) is 5. The zero-order valence-corrected chi connectivity index (χ0v) is 41.7. The Morgan fingerprint density at radius 3 is 1.61 bits per heavy atom. The third-order valence-electron chi connectivity index (χ3n) is 13.2. The van der Waals surface area contributed by atoms with Crippen molar-refractivity contribution in [3.05, 3.63) is 72.2 Å². The van der Waals surface area contributed by atoms with E-state index in [1.807, 2.05) is 56.1 Å². The Kier molecular flexibility index (Phi) is 20.2. The van der Waals surface area contributed by atoms with Gasteiger partial charge in [-0.2, -0.15) is 0 Å². The lowest BCUT2D eigenvalue weighted by Gasteiger charge is -2.30. The third kappa shape index (κ3) is 12.8. The van der Waals surface area contributed by atoms with Crippen LogP contribution in [0.5, 0.6) is 0 Å². The number of amides is 4. The molecule has 0 unspecified atom stereocenters. The van der Waals surface area contributed by atoms with E-state index in [0.717, 1.165) is 81.6 Å². The van der Waals surface area contributed by atoms with E-state index in [9.17, 15) is 28.8 Å². The monoisotopic (exact) mass is 998 g/mol. The van der Waals surface area contributed by atoms with Crippen LogP contribution in [0.1, 0.15) is 118 Å². The molecule has 2 fully saturated rings. The number of ether oxygens (including phenoxy) is 3. The minimum atomic E-state index is -0.949. The molecule has 3 aromatic heterocycles. The number of aromatic amines is 3. The third-order valence-corrected chi connectivity index (χ3v) is 13.2. The normalized spacial score (nSPS) is 16.5. The number of imidazole rings is 2. The van der Waals surface area contributed by atoms with Crippen LogP contribution in [0.25, 0.3) is 44.5 Å². The maximum Gasteiger partial charge on any atom is 0.407 e. The molecule has 2 aliphatic rings. The average molecular weight is 998 g/mol. The van der Waals surface area contributed by atoms with Crippen molar-refractivity contribution >= 4 is 46.8 Å². The molecule has 5 atom stereocenters. The van der Waals surface area contributed by atoms with Gasteiger partial charge in [0.25, 0.3) is 0 Å². The number of methoxy groups -OCH3 is 3. The molecule has 0 spiro atoms. The lowest BCUT2D eigenvalue weighted by atomic mass is 9.93. The van der Waals surface area contributed by atoms with E-state index in [1.165, 1.54) is 21.3 Å². The van der Waals surface area contributed by atoms with E-state index in [4.69, 9.17) is 24.5 Å². The molecule has 0 radical (unpaired) electrons. The number of nitrogens with zero attached hydrogens (tertiary/aromatic N) is 4. The van der Waals surface area contributed by atoms with Crippen LogP contribution in [0.2, 0.25) is 0 Å². The number of carboxylic acids is 1. The van der Waals surface area contributed by atoms with Gasteiger partial charge in [0.1, 0.15) is 23.7 Å². The number of carbonyl (C=O) groups excluding carboxylic acids is 5. The topological polar surface area (TPSA) is 254 Å². The van der Waals surface area contributed by atoms with Gasteiger partial charge < -0.3 is 54.7 Å². The lowest BCUT2D eigenvalue weighted by Crippen LogP contribution is -2.51.